The molecule has 2 unspecified atom stereocenters. The number of benzene rings is 4. The van der Waals surface area contributed by atoms with E-state index in [0.29, 0.717) is 24.7 Å². The summed E-state index contributed by atoms with van der Waals surface area (Å²) in [6.07, 6.45) is -0.893. The maximum absolute atomic E-state index is 12.8. The van der Waals surface area contributed by atoms with Gasteiger partial charge in [-0.3, -0.25) is 0 Å². The third-order valence-corrected chi connectivity index (χ3v) is 7.30. The van der Waals surface area contributed by atoms with E-state index in [2.05, 4.69) is 4.74 Å². The lowest BCUT2D eigenvalue weighted by Crippen LogP contribution is -2.40. The molecule has 16 nitrogen and oxygen atoms in total. The van der Waals surface area contributed by atoms with Gasteiger partial charge < -0.3 is 60.2 Å². The van der Waals surface area contributed by atoms with Crippen LogP contribution in [-0.4, -0.2) is 73.3 Å². The minimum Gasteiger partial charge on any atom is -0.617 e. The third-order valence-electron chi connectivity index (χ3n) is 7.30. The number of aliphatic hydroxyl groups excluding tert-OH is 3. The van der Waals surface area contributed by atoms with Gasteiger partial charge in [0.2, 0.25) is 0 Å². The molecule has 0 saturated carbocycles. The van der Waals surface area contributed by atoms with Gasteiger partial charge in [0, 0.05) is 24.3 Å². The molecule has 1 fully saturated rings. The van der Waals surface area contributed by atoms with Crippen LogP contribution in [0.1, 0.15) is 0 Å². The van der Waals surface area contributed by atoms with E-state index in [4.69, 9.17) is 24.4 Å². The first kappa shape index (κ1) is 33.7. The Balaban J connectivity index is 0.000000167. The SMILES string of the molecule is COc1cccc2c1[n+]([O-])c1cccc(O)c1[n+]2[O-].COc1cccc2c1[n+]([O-])c1cccc(OCC(O)CO)c1[n+]2[O-].OCC1CO1. The minimum absolute atomic E-state index is 0.0402. The Hall–Kier alpha value is -5.68. The van der Waals surface area contributed by atoms with E-state index in [1.165, 1.54) is 56.7 Å². The van der Waals surface area contributed by atoms with Gasteiger partial charge in [-0.2, -0.15) is 18.9 Å². The molecule has 6 aromatic rings. The summed E-state index contributed by atoms with van der Waals surface area (Å²) in [7, 11) is 2.85. The van der Waals surface area contributed by atoms with Crippen LogP contribution in [0.4, 0.5) is 0 Å². The molecule has 3 heterocycles. The average molecular weight is 665 g/mol. The second kappa shape index (κ2) is 14.4. The second-order valence-electron chi connectivity index (χ2n) is 10.4. The van der Waals surface area contributed by atoms with Gasteiger partial charge in [-0.05, 0) is 24.3 Å². The highest BCUT2D eigenvalue weighted by Crippen LogP contribution is 2.27. The van der Waals surface area contributed by atoms with Crippen LogP contribution in [0.2, 0.25) is 0 Å². The summed E-state index contributed by atoms with van der Waals surface area (Å²) in [5.41, 5.74) is 0.716. The summed E-state index contributed by atoms with van der Waals surface area (Å²) in [5, 5.41) is 86.2. The molecule has 0 aliphatic carbocycles. The Morgan fingerprint density at radius 2 is 1.08 bits per heavy atom. The molecule has 7 rings (SSSR count). The lowest BCUT2D eigenvalue weighted by atomic mass is 10.2. The molecular weight excluding hydrogens is 632 g/mol. The van der Waals surface area contributed by atoms with Crippen LogP contribution >= 0.6 is 0 Å². The number of methoxy groups -OCH3 is 2. The van der Waals surface area contributed by atoms with Gasteiger partial charge in [-0.25, -0.2) is 0 Å². The van der Waals surface area contributed by atoms with E-state index in [1.54, 1.807) is 30.3 Å². The van der Waals surface area contributed by atoms with Gasteiger partial charge in [-0.15, -0.1) is 0 Å². The number of aromatic nitrogens is 4. The number of aliphatic hydroxyl groups is 3. The van der Waals surface area contributed by atoms with Gasteiger partial charge >= 0.3 is 22.1 Å². The zero-order valence-corrected chi connectivity index (χ0v) is 25.8. The predicted octanol–water partition coefficient (Wildman–Crippen LogP) is 0.352. The first-order chi connectivity index (χ1) is 23.2. The zero-order valence-electron chi connectivity index (χ0n) is 25.8. The van der Waals surface area contributed by atoms with E-state index in [0.717, 1.165) is 6.61 Å². The monoisotopic (exact) mass is 664 g/mol. The summed E-state index contributed by atoms with van der Waals surface area (Å²) in [4.78, 5) is 0. The number of fused-ring (bicyclic) bond motifs is 4. The maximum atomic E-state index is 12.8. The Kier molecular flexibility index (Phi) is 10.1. The highest BCUT2D eigenvalue weighted by molar-refractivity contribution is 5.84. The number of ether oxygens (including phenoxy) is 4. The van der Waals surface area contributed by atoms with Crippen molar-refractivity contribution >= 4 is 44.1 Å². The molecule has 0 radical (unpaired) electrons. The number of hydrogen-bond acceptors (Lipinski definition) is 12. The van der Waals surface area contributed by atoms with Crippen molar-refractivity contribution in [3.63, 3.8) is 0 Å². The first-order valence-corrected chi connectivity index (χ1v) is 14.5. The molecule has 1 aliphatic heterocycles. The van der Waals surface area contributed by atoms with Gasteiger partial charge in [0.25, 0.3) is 22.1 Å². The van der Waals surface area contributed by atoms with Crippen LogP contribution in [0, 0.1) is 20.8 Å². The molecule has 0 amide bonds. The van der Waals surface area contributed by atoms with Crippen molar-refractivity contribution < 1.29 is 58.3 Å². The van der Waals surface area contributed by atoms with Crippen molar-refractivity contribution in [2.45, 2.75) is 12.2 Å². The number of nitrogens with zero attached hydrogens (tertiary/aromatic N) is 4. The molecule has 0 spiro atoms. The van der Waals surface area contributed by atoms with Crippen molar-refractivity contribution in [2.75, 3.05) is 40.6 Å². The van der Waals surface area contributed by atoms with Crippen molar-refractivity contribution in [1.29, 1.82) is 0 Å². The molecule has 252 valence electrons. The summed E-state index contributed by atoms with van der Waals surface area (Å²) in [6.45, 7) is 0.283. The topological polar surface area (TPSA) is 229 Å². The van der Waals surface area contributed by atoms with E-state index >= 15 is 0 Å². The zero-order chi connectivity index (χ0) is 34.5. The van der Waals surface area contributed by atoms with Crippen LogP contribution in [-0.2, 0) is 4.74 Å². The molecule has 2 atom stereocenters. The van der Waals surface area contributed by atoms with Gasteiger partial charge in [0.15, 0.2) is 23.0 Å². The molecule has 48 heavy (non-hydrogen) atoms. The highest BCUT2D eigenvalue weighted by atomic mass is 16.6. The fraction of sp³-hybridized carbons (Fsp3) is 0.250. The van der Waals surface area contributed by atoms with E-state index in [-0.39, 0.29) is 80.7 Å². The Morgan fingerprint density at radius 1 is 0.688 bits per heavy atom. The minimum atomic E-state index is -1.08. The highest BCUT2D eigenvalue weighted by Gasteiger charge is 2.28. The fourth-order valence-electron chi connectivity index (χ4n) is 4.87. The van der Waals surface area contributed by atoms with Crippen molar-refractivity contribution in [2.24, 2.45) is 0 Å². The lowest BCUT2D eigenvalue weighted by Gasteiger charge is -2.13. The van der Waals surface area contributed by atoms with E-state index < -0.39 is 12.7 Å². The number of epoxide rings is 1. The van der Waals surface area contributed by atoms with Gasteiger partial charge in [0.1, 0.15) is 18.8 Å². The number of hydrogen-bond donors (Lipinski definition) is 4. The molecule has 0 bridgehead atoms. The fourth-order valence-corrected chi connectivity index (χ4v) is 4.87. The molecule has 4 N–H and O–H groups in total. The average Bonchev–Trinajstić information content (AvgIpc) is 3.96. The number of rotatable bonds is 7. The van der Waals surface area contributed by atoms with Crippen molar-refractivity contribution in [3.05, 3.63) is 93.6 Å². The smallest absolute Gasteiger partial charge is 0.332 e. The standard InChI is InChI=1S/C16H16N2O6.C13H10N2O4.C3H6O2/c1-23-13-6-2-4-11-15(13)17(21)12-5-3-7-14(16(12)18(11)22)24-9-10(20)8-19;1-19-11-7-3-5-9-13(11)15(18)8-4-2-6-10(16)12(8)14(9)17;4-1-3-2-5-3/h2-7,10,19-20H,8-9H2,1H3;2-7,16H,1H3;3-4H,1-2H2. The van der Waals surface area contributed by atoms with E-state index in [1.807, 2.05) is 0 Å². The van der Waals surface area contributed by atoms with Gasteiger partial charge in [-0.1, -0.05) is 24.3 Å². The molecule has 16 heteroatoms. The number of aromatic hydroxyl groups is 1. The van der Waals surface area contributed by atoms with Crippen LogP contribution in [0.5, 0.6) is 23.0 Å². The Labute approximate surface area is 271 Å². The predicted molar refractivity (Wildman–Crippen MR) is 169 cm³/mol. The lowest BCUT2D eigenvalue weighted by molar-refractivity contribution is -0.591. The van der Waals surface area contributed by atoms with Crippen molar-refractivity contribution in [3.8, 4) is 23.0 Å². The number of phenols is 1. The summed E-state index contributed by atoms with van der Waals surface area (Å²) in [5.74, 6) is 0.504. The van der Waals surface area contributed by atoms with Crippen LogP contribution in [0.15, 0.2) is 72.8 Å². The Bertz CT molecular complexity index is 2090. The van der Waals surface area contributed by atoms with Crippen molar-refractivity contribution in [1.82, 2.24) is 0 Å². The molecular formula is C32H32N4O12. The molecule has 1 aliphatic rings. The Morgan fingerprint density at radius 3 is 1.48 bits per heavy atom. The van der Waals surface area contributed by atoms with Crippen LogP contribution in [0.25, 0.3) is 44.1 Å². The summed E-state index contributed by atoms with van der Waals surface area (Å²) < 4.78 is 22.6. The van der Waals surface area contributed by atoms with E-state index in [9.17, 15) is 31.0 Å². The largest absolute Gasteiger partial charge is 0.617 e. The first-order valence-electron chi connectivity index (χ1n) is 14.5. The van der Waals surface area contributed by atoms with Gasteiger partial charge in [0.05, 0.1) is 34.0 Å². The maximum Gasteiger partial charge on any atom is 0.332 e. The third kappa shape index (κ3) is 6.45. The van der Waals surface area contributed by atoms with Crippen LogP contribution in [0.3, 0.4) is 0 Å². The summed E-state index contributed by atoms with van der Waals surface area (Å²) in [6, 6.07) is 18.4. The number of para-hydroxylation sites is 4. The molecule has 1 saturated heterocycles. The quantitative estimate of drug-likeness (QED) is 0.0785. The molecule has 2 aromatic heterocycles. The van der Waals surface area contributed by atoms with Crippen LogP contribution < -0.4 is 33.1 Å². The number of phenolic OH excluding ortho intramolecular Hbond substituents is 1. The normalized spacial score (nSPS) is 14.1. The molecule has 4 aromatic carbocycles. The summed E-state index contributed by atoms with van der Waals surface area (Å²) >= 11 is 0. The second-order valence-corrected chi connectivity index (χ2v) is 10.4.